The van der Waals surface area contributed by atoms with Gasteiger partial charge in [0.15, 0.2) is 11.5 Å². The Bertz CT molecular complexity index is 621. The van der Waals surface area contributed by atoms with Crippen molar-refractivity contribution in [3.8, 4) is 6.01 Å². The minimum atomic E-state index is -4.45. The number of hydrogen-bond donors (Lipinski definition) is 4. The summed E-state index contributed by atoms with van der Waals surface area (Å²) in [6.45, 7) is 1.83. The monoisotopic (exact) mass is 273 g/mol. The van der Waals surface area contributed by atoms with Crippen molar-refractivity contribution in [3.63, 3.8) is 0 Å². The van der Waals surface area contributed by atoms with Gasteiger partial charge in [0.25, 0.3) is 6.01 Å². The quantitative estimate of drug-likeness (QED) is 0.589. The molecule has 0 aliphatic carbocycles. The molecule has 0 saturated heterocycles. The van der Waals surface area contributed by atoms with Crippen LogP contribution < -0.4 is 9.82 Å². The molecular formula is C8H12N5O4P. The number of anilines is 1. The molecule has 0 aromatic carbocycles. The van der Waals surface area contributed by atoms with Crippen LogP contribution in [0.2, 0.25) is 0 Å². The van der Waals surface area contributed by atoms with Gasteiger partial charge in [-0.1, -0.05) is 6.92 Å². The molecule has 0 aliphatic heterocycles. The lowest BCUT2D eigenvalue weighted by Gasteiger charge is -2.08. The first kappa shape index (κ1) is 12.7. The highest BCUT2D eigenvalue weighted by atomic mass is 31.2. The zero-order chi connectivity index (χ0) is 13.3. The highest BCUT2D eigenvalue weighted by Crippen LogP contribution is 2.36. The van der Waals surface area contributed by atoms with Gasteiger partial charge in [-0.05, 0) is 0 Å². The molecule has 0 saturated carbocycles. The van der Waals surface area contributed by atoms with Crippen LogP contribution in [-0.4, -0.2) is 36.8 Å². The number of fused-ring (bicyclic) bond motifs is 1. The van der Waals surface area contributed by atoms with Crippen LogP contribution in [0.3, 0.4) is 0 Å². The molecule has 18 heavy (non-hydrogen) atoms. The second-order valence-electron chi connectivity index (χ2n) is 3.44. The summed E-state index contributed by atoms with van der Waals surface area (Å²) in [5.74, 6) is 0.425. The standard InChI is InChI=1S/C8H12N5O4P/c1-3-4-9-6-5(11-8(12-6)17-2)7(10-4)13-18(14,15)16/h3H2,1-2H3,(H4,9,10,11,12,13,14,15,16). The van der Waals surface area contributed by atoms with E-state index in [0.29, 0.717) is 12.2 Å². The predicted octanol–water partition coefficient (Wildman–Crippen LogP) is 0.428. The number of ether oxygens (including phenoxy) is 1. The summed E-state index contributed by atoms with van der Waals surface area (Å²) in [7, 11) is -3.03. The normalized spacial score (nSPS) is 11.8. The SMILES string of the molecule is CCc1nc(NP(=O)(O)O)c2[nH]c(OC)nc2n1. The third kappa shape index (κ3) is 2.58. The number of nitrogens with zero attached hydrogens (tertiary/aromatic N) is 3. The van der Waals surface area contributed by atoms with Crippen LogP contribution in [-0.2, 0) is 11.0 Å². The minimum Gasteiger partial charge on any atom is -0.468 e. The van der Waals surface area contributed by atoms with Crippen molar-refractivity contribution in [2.45, 2.75) is 13.3 Å². The van der Waals surface area contributed by atoms with Gasteiger partial charge in [0.1, 0.15) is 11.3 Å². The summed E-state index contributed by atoms with van der Waals surface area (Å²) in [6, 6.07) is 0.196. The zero-order valence-corrected chi connectivity index (χ0v) is 10.6. The van der Waals surface area contributed by atoms with Crippen LogP contribution in [0.25, 0.3) is 11.2 Å². The first-order valence-electron chi connectivity index (χ1n) is 5.07. The van der Waals surface area contributed by atoms with Crippen molar-refractivity contribution >= 4 is 24.7 Å². The molecule has 2 aromatic heterocycles. The number of aromatic nitrogens is 4. The van der Waals surface area contributed by atoms with Gasteiger partial charge in [0, 0.05) is 6.42 Å². The Morgan fingerprint density at radius 1 is 1.39 bits per heavy atom. The van der Waals surface area contributed by atoms with Crippen LogP contribution in [0.5, 0.6) is 6.01 Å². The van der Waals surface area contributed by atoms with E-state index < -0.39 is 7.75 Å². The Morgan fingerprint density at radius 2 is 2.11 bits per heavy atom. The number of nitrogens with one attached hydrogen (secondary N) is 2. The maximum atomic E-state index is 11.0. The van der Waals surface area contributed by atoms with E-state index >= 15 is 0 Å². The number of aromatic amines is 1. The Hall–Kier alpha value is -1.70. The molecule has 2 heterocycles. The van der Waals surface area contributed by atoms with E-state index in [1.165, 1.54) is 7.11 Å². The largest absolute Gasteiger partial charge is 0.468 e. The van der Waals surface area contributed by atoms with E-state index in [-0.39, 0.29) is 23.0 Å². The van der Waals surface area contributed by atoms with Gasteiger partial charge in [0.05, 0.1) is 7.11 Å². The average molecular weight is 273 g/mol. The average Bonchev–Trinajstić information content (AvgIpc) is 2.70. The highest BCUT2D eigenvalue weighted by molar-refractivity contribution is 7.53. The van der Waals surface area contributed by atoms with Crippen molar-refractivity contribution in [3.05, 3.63) is 5.82 Å². The second-order valence-corrected chi connectivity index (χ2v) is 4.75. The summed E-state index contributed by atoms with van der Waals surface area (Å²) < 4.78 is 15.9. The molecule has 4 N–H and O–H groups in total. The molecule has 0 aliphatic rings. The first-order chi connectivity index (χ1) is 8.43. The molecule has 0 fully saturated rings. The van der Waals surface area contributed by atoms with Crippen molar-refractivity contribution in [1.82, 2.24) is 19.9 Å². The molecule has 9 nitrogen and oxygen atoms in total. The number of H-pyrrole nitrogens is 1. The third-order valence-corrected chi connectivity index (χ3v) is 2.64. The lowest BCUT2D eigenvalue weighted by Crippen LogP contribution is -2.02. The molecule has 0 spiro atoms. The number of methoxy groups -OCH3 is 1. The maximum Gasteiger partial charge on any atom is 0.428 e. The zero-order valence-electron chi connectivity index (χ0n) is 9.71. The van der Waals surface area contributed by atoms with E-state index in [2.05, 4.69) is 19.9 Å². The molecule has 10 heteroatoms. The Balaban J connectivity index is 2.60. The summed E-state index contributed by atoms with van der Waals surface area (Å²) in [5.41, 5.74) is 0.571. The smallest absolute Gasteiger partial charge is 0.428 e. The van der Waals surface area contributed by atoms with Gasteiger partial charge < -0.3 is 19.5 Å². The maximum absolute atomic E-state index is 11.0. The number of rotatable bonds is 4. The molecule has 2 aromatic rings. The third-order valence-electron chi connectivity index (χ3n) is 2.14. The van der Waals surface area contributed by atoms with Crippen molar-refractivity contribution in [2.75, 3.05) is 12.2 Å². The predicted molar refractivity (Wildman–Crippen MR) is 63.3 cm³/mol. The summed E-state index contributed by atoms with van der Waals surface area (Å²) in [4.78, 5) is 32.7. The van der Waals surface area contributed by atoms with Crippen molar-refractivity contribution < 1.29 is 19.1 Å². The van der Waals surface area contributed by atoms with E-state index in [4.69, 9.17) is 14.5 Å². The number of imidazole rings is 1. The molecule has 0 unspecified atom stereocenters. The molecular weight excluding hydrogens is 261 g/mol. The lowest BCUT2D eigenvalue weighted by molar-refractivity contribution is 0.380. The van der Waals surface area contributed by atoms with E-state index in [0.717, 1.165) is 0 Å². The van der Waals surface area contributed by atoms with E-state index in [1.807, 2.05) is 12.0 Å². The summed E-state index contributed by atoms with van der Waals surface area (Å²) in [5, 5.41) is 2.03. The Labute approximate surface area is 102 Å². The molecule has 0 radical (unpaired) electrons. The molecule has 0 amide bonds. The van der Waals surface area contributed by atoms with Gasteiger partial charge >= 0.3 is 7.75 Å². The topological polar surface area (TPSA) is 133 Å². The Kier molecular flexibility index (Phi) is 3.20. The van der Waals surface area contributed by atoms with E-state index in [1.54, 1.807) is 0 Å². The van der Waals surface area contributed by atoms with Gasteiger partial charge in [-0.15, -0.1) is 0 Å². The minimum absolute atomic E-state index is 0.000910. The van der Waals surface area contributed by atoms with Gasteiger partial charge in [-0.25, -0.2) is 14.5 Å². The highest BCUT2D eigenvalue weighted by Gasteiger charge is 2.19. The van der Waals surface area contributed by atoms with Gasteiger partial charge in [0.2, 0.25) is 0 Å². The van der Waals surface area contributed by atoms with Crippen LogP contribution in [0.4, 0.5) is 5.82 Å². The second kappa shape index (κ2) is 4.52. The van der Waals surface area contributed by atoms with Crippen molar-refractivity contribution in [1.29, 1.82) is 0 Å². The fourth-order valence-electron chi connectivity index (χ4n) is 1.39. The number of aryl methyl sites for hydroxylation is 1. The summed E-state index contributed by atoms with van der Waals surface area (Å²) in [6.07, 6.45) is 0.515. The Morgan fingerprint density at radius 3 is 2.67 bits per heavy atom. The summed E-state index contributed by atoms with van der Waals surface area (Å²) >= 11 is 0. The number of hydrogen-bond acceptors (Lipinski definition) is 5. The fourth-order valence-corrected chi connectivity index (χ4v) is 1.83. The van der Waals surface area contributed by atoms with Gasteiger partial charge in [-0.2, -0.15) is 4.98 Å². The van der Waals surface area contributed by atoms with Crippen LogP contribution in [0.15, 0.2) is 0 Å². The molecule has 0 atom stereocenters. The molecule has 2 rings (SSSR count). The van der Waals surface area contributed by atoms with Crippen LogP contribution in [0, 0.1) is 0 Å². The van der Waals surface area contributed by atoms with Crippen molar-refractivity contribution in [2.24, 2.45) is 0 Å². The molecule has 0 bridgehead atoms. The first-order valence-corrected chi connectivity index (χ1v) is 6.68. The van der Waals surface area contributed by atoms with Crippen LogP contribution in [0.1, 0.15) is 12.7 Å². The van der Waals surface area contributed by atoms with Crippen LogP contribution >= 0.6 is 7.75 Å². The molecule has 98 valence electrons. The fraction of sp³-hybridized carbons (Fsp3) is 0.375. The lowest BCUT2D eigenvalue weighted by atomic mass is 10.4. The van der Waals surface area contributed by atoms with Gasteiger partial charge in [-0.3, -0.25) is 5.09 Å². The van der Waals surface area contributed by atoms with E-state index in [9.17, 15) is 4.57 Å².